The molecule has 5 heteroatoms. The van der Waals surface area contributed by atoms with Gasteiger partial charge in [-0.1, -0.05) is 42.5 Å². The Hall–Kier alpha value is -2.37. The normalized spacial score (nSPS) is 20.1. The highest BCUT2D eigenvalue weighted by Crippen LogP contribution is 2.35. The first-order chi connectivity index (χ1) is 13.0. The molecule has 1 aliphatic heterocycles. The molecule has 1 fully saturated rings. The molecular formula is C22H28N2O3. The number of aliphatic carboxylic acids is 1. The highest BCUT2D eigenvalue weighted by Gasteiger charge is 2.46. The van der Waals surface area contributed by atoms with Crippen molar-refractivity contribution in [2.24, 2.45) is 0 Å². The SMILES string of the molecule is CN(C)CCOc1cccc(CN2CC[C@@](C(=O)O)(c3ccccc3)C2)c1. The molecule has 2 aromatic carbocycles. The summed E-state index contributed by atoms with van der Waals surface area (Å²) in [6.45, 7) is 3.54. The summed E-state index contributed by atoms with van der Waals surface area (Å²) in [5.41, 5.74) is 1.22. The Labute approximate surface area is 161 Å². The predicted molar refractivity (Wildman–Crippen MR) is 106 cm³/mol. The molecule has 0 aromatic heterocycles. The van der Waals surface area contributed by atoms with Gasteiger partial charge in [0, 0.05) is 26.2 Å². The van der Waals surface area contributed by atoms with Gasteiger partial charge in [-0.25, -0.2) is 0 Å². The third-order valence-electron chi connectivity index (χ3n) is 5.20. The van der Waals surface area contributed by atoms with Crippen molar-refractivity contribution in [3.63, 3.8) is 0 Å². The first-order valence-electron chi connectivity index (χ1n) is 9.37. The molecule has 1 aliphatic rings. The van der Waals surface area contributed by atoms with Crippen LogP contribution in [0, 0.1) is 0 Å². The average molecular weight is 368 g/mol. The van der Waals surface area contributed by atoms with Crippen molar-refractivity contribution < 1.29 is 14.6 Å². The molecule has 2 aromatic rings. The molecule has 27 heavy (non-hydrogen) atoms. The third kappa shape index (κ3) is 4.67. The number of carboxylic acids is 1. The van der Waals surface area contributed by atoms with Crippen LogP contribution in [0.25, 0.3) is 0 Å². The molecule has 1 N–H and O–H groups in total. The fourth-order valence-electron chi connectivity index (χ4n) is 3.65. The van der Waals surface area contributed by atoms with Crippen molar-refractivity contribution in [2.75, 3.05) is 40.3 Å². The standard InChI is InChI=1S/C22H28N2O3/c1-23(2)13-14-27-20-10-6-7-18(15-20)16-24-12-11-22(17-24,21(25)26)19-8-4-3-5-9-19/h3-10,15H,11-14,16-17H2,1-2H3,(H,25,26)/t22-/m0/s1. The van der Waals surface area contributed by atoms with Gasteiger partial charge in [0.05, 0.1) is 0 Å². The Bertz CT molecular complexity index is 763. The molecule has 0 amide bonds. The van der Waals surface area contributed by atoms with Crippen LogP contribution >= 0.6 is 0 Å². The minimum Gasteiger partial charge on any atom is -0.492 e. The molecule has 1 atom stereocenters. The smallest absolute Gasteiger partial charge is 0.315 e. The van der Waals surface area contributed by atoms with Crippen LogP contribution in [0.4, 0.5) is 0 Å². The lowest BCUT2D eigenvalue weighted by Crippen LogP contribution is -2.38. The fourth-order valence-corrected chi connectivity index (χ4v) is 3.65. The molecular weight excluding hydrogens is 340 g/mol. The van der Waals surface area contributed by atoms with Crippen molar-refractivity contribution in [1.29, 1.82) is 0 Å². The van der Waals surface area contributed by atoms with Crippen molar-refractivity contribution >= 4 is 5.97 Å². The second kappa shape index (κ2) is 8.55. The second-order valence-electron chi connectivity index (χ2n) is 7.51. The van der Waals surface area contributed by atoms with E-state index in [1.54, 1.807) is 0 Å². The monoisotopic (exact) mass is 368 g/mol. The van der Waals surface area contributed by atoms with Gasteiger partial charge >= 0.3 is 5.97 Å². The molecule has 3 rings (SSSR count). The number of likely N-dealkylation sites (tertiary alicyclic amines) is 1. The van der Waals surface area contributed by atoms with E-state index in [-0.39, 0.29) is 0 Å². The molecule has 0 aliphatic carbocycles. The second-order valence-corrected chi connectivity index (χ2v) is 7.51. The minimum absolute atomic E-state index is 0.526. The van der Waals surface area contributed by atoms with Gasteiger partial charge < -0.3 is 14.7 Å². The molecule has 5 nitrogen and oxygen atoms in total. The number of carbonyl (C=O) groups is 1. The van der Waals surface area contributed by atoms with Gasteiger partial charge in [0.25, 0.3) is 0 Å². The van der Waals surface area contributed by atoms with Crippen molar-refractivity contribution in [1.82, 2.24) is 9.80 Å². The Kier molecular flexibility index (Phi) is 6.14. The first-order valence-corrected chi connectivity index (χ1v) is 9.37. The Morgan fingerprint density at radius 1 is 1.19 bits per heavy atom. The zero-order valence-corrected chi connectivity index (χ0v) is 16.1. The van der Waals surface area contributed by atoms with Gasteiger partial charge in [0.15, 0.2) is 0 Å². The molecule has 0 radical (unpaired) electrons. The number of carboxylic acid groups (broad SMARTS) is 1. The molecule has 0 unspecified atom stereocenters. The van der Waals surface area contributed by atoms with Gasteiger partial charge in [-0.15, -0.1) is 0 Å². The van der Waals surface area contributed by atoms with E-state index in [0.29, 0.717) is 19.6 Å². The van der Waals surface area contributed by atoms with Crippen LogP contribution in [0.15, 0.2) is 54.6 Å². The zero-order valence-electron chi connectivity index (χ0n) is 16.1. The molecule has 144 valence electrons. The van der Waals surface area contributed by atoms with Crippen molar-refractivity contribution in [2.45, 2.75) is 18.4 Å². The predicted octanol–water partition coefficient (Wildman–Crippen LogP) is 2.86. The Morgan fingerprint density at radius 3 is 2.67 bits per heavy atom. The van der Waals surface area contributed by atoms with E-state index in [4.69, 9.17) is 4.74 Å². The Morgan fingerprint density at radius 2 is 1.96 bits per heavy atom. The van der Waals surface area contributed by atoms with Crippen LogP contribution in [-0.2, 0) is 16.8 Å². The summed E-state index contributed by atoms with van der Waals surface area (Å²) >= 11 is 0. The third-order valence-corrected chi connectivity index (χ3v) is 5.20. The van der Waals surface area contributed by atoms with Gasteiger partial charge in [-0.2, -0.15) is 0 Å². The quantitative estimate of drug-likeness (QED) is 0.777. The molecule has 1 saturated heterocycles. The van der Waals surface area contributed by atoms with Crippen LogP contribution in [0.5, 0.6) is 5.75 Å². The lowest BCUT2D eigenvalue weighted by Gasteiger charge is -2.25. The molecule has 0 bridgehead atoms. The summed E-state index contributed by atoms with van der Waals surface area (Å²) in [7, 11) is 4.04. The maximum atomic E-state index is 12.1. The summed E-state index contributed by atoms with van der Waals surface area (Å²) in [5.74, 6) is 0.123. The van der Waals surface area contributed by atoms with E-state index < -0.39 is 11.4 Å². The van der Waals surface area contributed by atoms with Crippen molar-refractivity contribution in [3.8, 4) is 5.75 Å². The van der Waals surface area contributed by atoms with E-state index in [2.05, 4.69) is 21.9 Å². The number of hydrogen-bond donors (Lipinski definition) is 1. The Balaban J connectivity index is 1.66. The van der Waals surface area contributed by atoms with Crippen LogP contribution in [0.3, 0.4) is 0 Å². The summed E-state index contributed by atoms with van der Waals surface area (Å²) < 4.78 is 5.82. The minimum atomic E-state index is -0.818. The summed E-state index contributed by atoms with van der Waals surface area (Å²) in [6, 6.07) is 17.7. The van der Waals surface area contributed by atoms with E-state index in [9.17, 15) is 9.90 Å². The zero-order chi connectivity index (χ0) is 19.3. The van der Waals surface area contributed by atoms with E-state index in [0.717, 1.165) is 36.5 Å². The van der Waals surface area contributed by atoms with Crippen LogP contribution in [-0.4, -0.2) is 61.2 Å². The van der Waals surface area contributed by atoms with Crippen LogP contribution in [0.2, 0.25) is 0 Å². The molecule has 0 saturated carbocycles. The first kappa shape index (κ1) is 19.4. The maximum Gasteiger partial charge on any atom is 0.315 e. The van der Waals surface area contributed by atoms with Gasteiger partial charge in [-0.3, -0.25) is 9.69 Å². The fraction of sp³-hybridized carbons (Fsp3) is 0.409. The van der Waals surface area contributed by atoms with E-state index in [1.165, 1.54) is 0 Å². The van der Waals surface area contributed by atoms with E-state index >= 15 is 0 Å². The number of rotatable bonds is 8. The number of benzene rings is 2. The topological polar surface area (TPSA) is 53.0 Å². The summed E-state index contributed by atoms with van der Waals surface area (Å²) in [5, 5.41) is 9.94. The van der Waals surface area contributed by atoms with E-state index in [1.807, 2.05) is 56.6 Å². The number of ether oxygens (including phenoxy) is 1. The molecule has 0 spiro atoms. The lowest BCUT2D eigenvalue weighted by molar-refractivity contribution is -0.143. The maximum absolute atomic E-state index is 12.1. The van der Waals surface area contributed by atoms with Crippen LogP contribution in [0.1, 0.15) is 17.5 Å². The number of nitrogens with zero attached hydrogens (tertiary/aromatic N) is 2. The molecule has 1 heterocycles. The van der Waals surface area contributed by atoms with Crippen LogP contribution < -0.4 is 4.74 Å². The highest BCUT2D eigenvalue weighted by atomic mass is 16.5. The average Bonchev–Trinajstić information content (AvgIpc) is 3.08. The summed E-state index contributed by atoms with van der Waals surface area (Å²) in [4.78, 5) is 16.4. The number of hydrogen-bond acceptors (Lipinski definition) is 4. The summed E-state index contributed by atoms with van der Waals surface area (Å²) in [6.07, 6.45) is 0.630. The van der Waals surface area contributed by atoms with Crippen molar-refractivity contribution in [3.05, 3.63) is 65.7 Å². The van der Waals surface area contributed by atoms with Gasteiger partial charge in [-0.05, 0) is 43.8 Å². The highest BCUT2D eigenvalue weighted by molar-refractivity contribution is 5.82. The van der Waals surface area contributed by atoms with Gasteiger partial charge in [0.1, 0.15) is 17.8 Å². The number of likely N-dealkylation sites (N-methyl/N-ethyl adjacent to an activating group) is 1. The lowest BCUT2D eigenvalue weighted by atomic mass is 9.80. The largest absolute Gasteiger partial charge is 0.492 e. The van der Waals surface area contributed by atoms with Gasteiger partial charge in [0.2, 0.25) is 0 Å².